The zero-order valence-corrected chi connectivity index (χ0v) is 11.1. The van der Waals surface area contributed by atoms with Gasteiger partial charge in [0.2, 0.25) is 0 Å². The summed E-state index contributed by atoms with van der Waals surface area (Å²) < 4.78 is 13.9. The third kappa shape index (κ3) is 2.63. The molecule has 0 saturated heterocycles. The van der Waals surface area contributed by atoms with Crippen molar-refractivity contribution in [3.05, 3.63) is 34.6 Å². The van der Waals surface area contributed by atoms with Crippen molar-refractivity contribution in [1.29, 1.82) is 0 Å². The van der Waals surface area contributed by atoms with Crippen molar-refractivity contribution in [2.45, 2.75) is 38.6 Å². The lowest BCUT2D eigenvalue weighted by atomic mass is 9.88. The predicted molar refractivity (Wildman–Crippen MR) is 70.0 cm³/mol. The molecular weight excluding hydrogens is 237 g/mol. The molecule has 2 rings (SSSR count). The van der Waals surface area contributed by atoms with Gasteiger partial charge in [0, 0.05) is 11.1 Å². The summed E-state index contributed by atoms with van der Waals surface area (Å²) in [6.45, 7) is 5.30. The molecule has 3 atom stereocenters. The van der Waals surface area contributed by atoms with E-state index in [1.165, 1.54) is 6.07 Å². The van der Waals surface area contributed by atoms with E-state index < -0.39 is 0 Å². The van der Waals surface area contributed by atoms with Crippen molar-refractivity contribution in [3.63, 3.8) is 0 Å². The van der Waals surface area contributed by atoms with Gasteiger partial charge < -0.3 is 5.32 Å². The molecule has 1 aromatic carbocycles. The van der Waals surface area contributed by atoms with E-state index in [1.54, 1.807) is 6.07 Å². The highest BCUT2D eigenvalue weighted by molar-refractivity contribution is 6.30. The van der Waals surface area contributed by atoms with Gasteiger partial charge in [0.15, 0.2) is 0 Å². The molecule has 1 aliphatic rings. The first kappa shape index (κ1) is 12.8. The molecule has 0 bridgehead atoms. The molecule has 17 heavy (non-hydrogen) atoms. The van der Waals surface area contributed by atoms with E-state index in [9.17, 15) is 4.39 Å². The summed E-state index contributed by atoms with van der Waals surface area (Å²) in [4.78, 5) is 0. The van der Waals surface area contributed by atoms with Crippen LogP contribution in [0.5, 0.6) is 0 Å². The number of hydrogen-bond acceptors (Lipinski definition) is 1. The molecule has 1 aliphatic carbocycles. The zero-order valence-electron chi connectivity index (χ0n) is 10.3. The van der Waals surface area contributed by atoms with Crippen LogP contribution < -0.4 is 5.32 Å². The molecule has 3 heteroatoms. The van der Waals surface area contributed by atoms with E-state index in [0.29, 0.717) is 22.9 Å². The monoisotopic (exact) mass is 255 g/mol. The van der Waals surface area contributed by atoms with Crippen molar-refractivity contribution in [3.8, 4) is 0 Å². The van der Waals surface area contributed by atoms with E-state index in [4.69, 9.17) is 11.6 Å². The molecule has 0 spiro atoms. The summed E-state index contributed by atoms with van der Waals surface area (Å²) in [5, 5.41) is 3.95. The molecule has 1 aromatic rings. The normalized spacial score (nSPS) is 28.6. The standard InChI is InChI=1S/C14H19ClFN/c1-3-17-14-7-6-11(9(14)2)12-5-4-10(15)8-13(12)16/h4-5,8-9,11,14,17H,3,6-7H2,1-2H3. The highest BCUT2D eigenvalue weighted by atomic mass is 35.5. The topological polar surface area (TPSA) is 12.0 Å². The van der Waals surface area contributed by atoms with Crippen LogP contribution in [-0.2, 0) is 0 Å². The number of nitrogens with one attached hydrogen (secondary N) is 1. The van der Waals surface area contributed by atoms with Crippen LogP contribution in [0.1, 0.15) is 38.2 Å². The first-order valence-electron chi connectivity index (χ1n) is 6.31. The van der Waals surface area contributed by atoms with Gasteiger partial charge in [0.05, 0.1) is 0 Å². The zero-order chi connectivity index (χ0) is 12.4. The average Bonchev–Trinajstić information content (AvgIpc) is 2.62. The molecule has 3 unspecified atom stereocenters. The Morgan fingerprint density at radius 3 is 2.82 bits per heavy atom. The summed E-state index contributed by atoms with van der Waals surface area (Å²) >= 11 is 5.79. The van der Waals surface area contributed by atoms with Gasteiger partial charge in [-0.3, -0.25) is 0 Å². The van der Waals surface area contributed by atoms with Crippen LogP contribution in [0.3, 0.4) is 0 Å². The van der Waals surface area contributed by atoms with Gasteiger partial charge in [0.25, 0.3) is 0 Å². The molecule has 1 fully saturated rings. The van der Waals surface area contributed by atoms with E-state index in [2.05, 4.69) is 19.2 Å². The Hall–Kier alpha value is -0.600. The minimum Gasteiger partial charge on any atom is -0.314 e. The summed E-state index contributed by atoms with van der Waals surface area (Å²) in [5.41, 5.74) is 0.822. The fourth-order valence-electron chi connectivity index (χ4n) is 2.96. The molecule has 1 nitrogen and oxygen atoms in total. The smallest absolute Gasteiger partial charge is 0.128 e. The van der Waals surface area contributed by atoms with Gasteiger partial charge in [0.1, 0.15) is 5.82 Å². The predicted octanol–water partition coefficient (Wildman–Crippen LogP) is 3.97. The molecule has 1 N–H and O–H groups in total. The van der Waals surface area contributed by atoms with Gasteiger partial charge in [-0.05, 0) is 48.9 Å². The van der Waals surface area contributed by atoms with Gasteiger partial charge in [-0.15, -0.1) is 0 Å². The Morgan fingerprint density at radius 1 is 1.41 bits per heavy atom. The Bertz CT molecular complexity index is 394. The fourth-order valence-corrected chi connectivity index (χ4v) is 3.12. The largest absolute Gasteiger partial charge is 0.314 e. The third-order valence-corrected chi connectivity index (χ3v) is 4.12. The van der Waals surface area contributed by atoms with E-state index in [-0.39, 0.29) is 5.82 Å². The summed E-state index contributed by atoms with van der Waals surface area (Å²) in [7, 11) is 0. The molecule has 0 heterocycles. The van der Waals surface area contributed by atoms with E-state index >= 15 is 0 Å². The van der Waals surface area contributed by atoms with Crippen LogP contribution in [0, 0.1) is 11.7 Å². The van der Waals surface area contributed by atoms with Crippen LogP contribution >= 0.6 is 11.6 Å². The van der Waals surface area contributed by atoms with Crippen molar-refractivity contribution in [2.75, 3.05) is 6.54 Å². The third-order valence-electron chi connectivity index (χ3n) is 3.89. The van der Waals surface area contributed by atoms with Gasteiger partial charge in [-0.2, -0.15) is 0 Å². The minimum absolute atomic E-state index is 0.161. The minimum atomic E-state index is -0.161. The Labute approximate surface area is 107 Å². The number of halogens is 2. The second-order valence-corrected chi connectivity index (χ2v) is 5.31. The first-order valence-corrected chi connectivity index (χ1v) is 6.69. The highest BCUT2D eigenvalue weighted by Crippen LogP contribution is 2.40. The van der Waals surface area contributed by atoms with E-state index in [0.717, 1.165) is 24.9 Å². The van der Waals surface area contributed by atoms with Gasteiger partial charge >= 0.3 is 0 Å². The van der Waals surface area contributed by atoms with E-state index in [1.807, 2.05) is 6.07 Å². The van der Waals surface area contributed by atoms with Crippen LogP contribution in [0.2, 0.25) is 5.02 Å². The average molecular weight is 256 g/mol. The lowest BCUT2D eigenvalue weighted by Gasteiger charge is -2.22. The second-order valence-electron chi connectivity index (χ2n) is 4.87. The van der Waals surface area contributed by atoms with Gasteiger partial charge in [-0.25, -0.2) is 4.39 Å². The van der Waals surface area contributed by atoms with Gasteiger partial charge in [-0.1, -0.05) is 31.5 Å². The number of rotatable bonds is 3. The summed E-state index contributed by atoms with van der Waals surface area (Å²) in [6, 6.07) is 5.56. The lowest BCUT2D eigenvalue weighted by molar-refractivity contribution is 0.405. The van der Waals surface area contributed by atoms with Crippen LogP contribution in [0.25, 0.3) is 0 Å². The molecule has 94 valence electrons. The highest BCUT2D eigenvalue weighted by Gasteiger charge is 2.34. The molecule has 0 amide bonds. The first-order chi connectivity index (χ1) is 8.13. The van der Waals surface area contributed by atoms with Crippen molar-refractivity contribution in [2.24, 2.45) is 5.92 Å². The molecule has 1 saturated carbocycles. The quantitative estimate of drug-likeness (QED) is 0.862. The molecule has 0 aromatic heterocycles. The maximum atomic E-state index is 13.9. The molecule has 0 radical (unpaired) electrons. The summed E-state index contributed by atoms with van der Waals surface area (Å²) in [5.74, 6) is 0.633. The lowest BCUT2D eigenvalue weighted by Crippen LogP contribution is -2.32. The molecule has 0 aliphatic heterocycles. The molecular formula is C14H19ClFN. The number of benzene rings is 1. The SMILES string of the molecule is CCNC1CCC(c2ccc(Cl)cc2F)C1C. The fraction of sp³-hybridized carbons (Fsp3) is 0.571. The maximum Gasteiger partial charge on any atom is 0.128 e. The van der Waals surface area contributed by atoms with Crippen LogP contribution in [-0.4, -0.2) is 12.6 Å². The summed E-state index contributed by atoms with van der Waals surface area (Å²) in [6.07, 6.45) is 2.18. The maximum absolute atomic E-state index is 13.9. The van der Waals surface area contributed by atoms with Crippen molar-refractivity contribution in [1.82, 2.24) is 5.32 Å². The van der Waals surface area contributed by atoms with Crippen LogP contribution in [0.4, 0.5) is 4.39 Å². The van der Waals surface area contributed by atoms with Crippen molar-refractivity contribution >= 4 is 11.6 Å². The Morgan fingerprint density at radius 2 is 2.18 bits per heavy atom. The Balaban J connectivity index is 2.18. The van der Waals surface area contributed by atoms with Crippen molar-refractivity contribution < 1.29 is 4.39 Å². The second kappa shape index (κ2) is 5.36. The van der Waals surface area contributed by atoms with Crippen LogP contribution in [0.15, 0.2) is 18.2 Å². The number of hydrogen-bond donors (Lipinski definition) is 1. The Kier molecular flexibility index (Phi) is 4.05.